The fourth-order valence-corrected chi connectivity index (χ4v) is 5.54. The summed E-state index contributed by atoms with van der Waals surface area (Å²) < 4.78 is 16.6. The topological polar surface area (TPSA) is 127 Å². The summed E-state index contributed by atoms with van der Waals surface area (Å²) in [7, 11) is 0. The molecule has 3 N–H and O–H groups in total. The highest BCUT2D eigenvalue weighted by molar-refractivity contribution is 5.98. The van der Waals surface area contributed by atoms with E-state index in [2.05, 4.69) is 4.98 Å². The lowest BCUT2D eigenvalue weighted by atomic mass is 9.90. The number of amides is 1. The number of fused-ring (bicyclic) bond motifs is 1. The Balaban J connectivity index is 1.20. The minimum Gasteiger partial charge on any atom is -0.478 e. The van der Waals surface area contributed by atoms with E-state index in [0.717, 1.165) is 28.6 Å². The predicted molar refractivity (Wildman–Crippen MR) is 164 cm³/mol. The van der Waals surface area contributed by atoms with Crippen LogP contribution in [0.5, 0.6) is 0 Å². The molecule has 1 amide bonds. The minimum absolute atomic E-state index is 0.0505. The van der Waals surface area contributed by atoms with Crippen LogP contribution in [-0.2, 0) is 0 Å². The van der Waals surface area contributed by atoms with Crippen LogP contribution in [0.3, 0.4) is 0 Å². The summed E-state index contributed by atoms with van der Waals surface area (Å²) in [6.07, 6.45) is 1.64. The van der Waals surface area contributed by atoms with E-state index in [1.54, 1.807) is 6.20 Å². The standard InChI is InChI=1S/C34H25FN6O3/c35-29-24(8-4-9-25(29)34(43)44)33(42)40-18-22(19-40)20-11-13-23(14-12-20)41-31(26-10-5-17-37-30(26)36)39-28-16-15-27(38-32(28)41)21-6-2-1-3-7-21/h1-17,22H,18-19H2,(H2,36,37)(H,43,44). The van der Waals surface area contributed by atoms with Gasteiger partial charge in [0.15, 0.2) is 11.5 Å². The largest absolute Gasteiger partial charge is 0.478 e. The number of hydrogen-bond donors (Lipinski definition) is 2. The molecule has 9 nitrogen and oxygen atoms in total. The van der Waals surface area contributed by atoms with Crippen LogP contribution in [0, 0.1) is 5.82 Å². The highest BCUT2D eigenvalue weighted by Gasteiger charge is 2.34. The Morgan fingerprint density at radius 3 is 2.32 bits per heavy atom. The molecule has 1 aliphatic rings. The van der Waals surface area contributed by atoms with Crippen molar-refractivity contribution in [2.75, 3.05) is 18.8 Å². The molecular formula is C34H25FN6O3. The summed E-state index contributed by atoms with van der Waals surface area (Å²) in [5.41, 5.74) is 11.2. The number of likely N-dealkylation sites (tertiary alicyclic amines) is 1. The minimum atomic E-state index is -1.41. The van der Waals surface area contributed by atoms with E-state index in [1.165, 1.54) is 17.0 Å². The monoisotopic (exact) mass is 584 g/mol. The summed E-state index contributed by atoms with van der Waals surface area (Å²) in [6, 6.07) is 29.3. The molecule has 0 unspecified atom stereocenters. The van der Waals surface area contributed by atoms with Crippen molar-refractivity contribution in [3.05, 3.63) is 126 Å². The Bertz CT molecular complexity index is 2050. The number of hydrogen-bond acceptors (Lipinski definition) is 6. The van der Waals surface area contributed by atoms with Crippen molar-refractivity contribution in [3.8, 4) is 28.3 Å². The first kappa shape index (κ1) is 27.0. The third kappa shape index (κ3) is 4.62. The molecule has 3 aromatic heterocycles. The quantitative estimate of drug-likeness (QED) is 0.253. The normalized spacial score (nSPS) is 13.2. The van der Waals surface area contributed by atoms with Crippen LogP contribution in [0.1, 0.15) is 32.2 Å². The molecule has 1 saturated heterocycles. The maximum absolute atomic E-state index is 14.7. The van der Waals surface area contributed by atoms with Gasteiger partial charge in [0.25, 0.3) is 5.91 Å². The van der Waals surface area contributed by atoms with Crippen LogP contribution < -0.4 is 5.73 Å². The van der Waals surface area contributed by atoms with E-state index in [1.807, 2.05) is 83.4 Å². The van der Waals surface area contributed by atoms with Crippen molar-refractivity contribution in [2.45, 2.75) is 5.92 Å². The number of carboxylic acids is 1. The van der Waals surface area contributed by atoms with Crippen molar-refractivity contribution in [1.29, 1.82) is 0 Å². The van der Waals surface area contributed by atoms with Gasteiger partial charge in [-0.25, -0.2) is 24.1 Å². The average molecular weight is 585 g/mol. The second kappa shape index (κ2) is 10.7. The Morgan fingerprint density at radius 2 is 1.59 bits per heavy atom. The molecule has 0 aliphatic carbocycles. The number of nitrogens with two attached hydrogens (primary N) is 1. The van der Waals surface area contributed by atoms with Crippen LogP contribution in [-0.4, -0.2) is 54.5 Å². The lowest BCUT2D eigenvalue weighted by Gasteiger charge is -2.39. The van der Waals surface area contributed by atoms with Gasteiger partial charge in [0, 0.05) is 36.5 Å². The number of carbonyl (C=O) groups is 2. The zero-order chi connectivity index (χ0) is 30.4. The van der Waals surface area contributed by atoms with Gasteiger partial charge in [-0.2, -0.15) is 0 Å². The first-order valence-electron chi connectivity index (χ1n) is 14.0. The summed E-state index contributed by atoms with van der Waals surface area (Å²) in [6.45, 7) is 0.783. The van der Waals surface area contributed by atoms with Gasteiger partial charge in [-0.1, -0.05) is 48.5 Å². The number of carboxylic acid groups (broad SMARTS) is 1. The molecule has 0 atom stereocenters. The van der Waals surface area contributed by atoms with Gasteiger partial charge in [0.1, 0.15) is 17.2 Å². The third-order valence-electron chi connectivity index (χ3n) is 7.90. The average Bonchev–Trinajstić information content (AvgIpc) is 3.40. The highest BCUT2D eigenvalue weighted by atomic mass is 19.1. The summed E-state index contributed by atoms with van der Waals surface area (Å²) in [5, 5.41) is 9.20. The fourth-order valence-electron chi connectivity index (χ4n) is 5.54. The number of aromatic carboxylic acids is 1. The number of nitrogen functional groups attached to an aromatic ring is 1. The molecule has 10 heteroatoms. The van der Waals surface area contributed by atoms with Gasteiger partial charge in [-0.3, -0.25) is 9.36 Å². The number of anilines is 1. The van der Waals surface area contributed by atoms with Crippen molar-refractivity contribution in [1.82, 2.24) is 24.4 Å². The van der Waals surface area contributed by atoms with Crippen LogP contribution in [0.2, 0.25) is 0 Å². The Hall–Kier alpha value is -5.90. The van der Waals surface area contributed by atoms with E-state index in [0.29, 0.717) is 41.5 Å². The van der Waals surface area contributed by atoms with Gasteiger partial charge < -0.3 is 15.7 Å². The van der Waals surface area contributed by atoms with Gasteiger partial charge in [0.2, 0.25) is 0 Å². The third-order valence-corrected chi connectivity index (χ3v) is 7.90. The van der Waals surface area contributed by atoms with E-state index in [9.17, 15) is 19.1 Å². The smallest absolute Gasteiger partial charge is 0.338 e. The number of halogens is 1. The number of rotatable bonds is 6. The number of carbonyl (C=O) groups excluding carboxylic acids is 1. The first-order chi connectivity index (χ1) is 21.4. The number of benzene rings is 3. The fraction of sp³-hybridized carbons (Fsp3) is 0.0882. The summed E-state index contributed by atoms with van der Waals surface area (Å²) >= 11 is 0. The van der Waals surface area contributed by atoms with Crippen LogP contribution in [0.4, 0.5) is 10.2 Å². The molecule has 7 rings (SSSR count). The van der Waals surface area contributed by atoms with E-state index >= 15 is 0 Å². The molecule has 0 bridgehead atoms. The Labute approximate surface area is 251 Å². The molecule has 1 fully saturated rings. The van der Waals surface area contributed by atoms with Crippen molar-refractivity contribution in [2.24, 2.45) is 0 Å². The zero-order valence-electron chi connectivity index (χ0n) is 23.3. The van der Waals surface area contributed by atoms with E-state index in [-0.39, 0.29) is 11.5 Å². The van der Waals surface area contributed by atoms with E-state index in [4.69, 9.17) is 15.7 Å². The molecule has 0 saturated carbocycles. The zero-order valence-corrected chi connectivity index (χ0v) is 23.3. The predicted octanol–water partition coefficient (Wildman–Crippen LogP) is 5.81. The molecule has 216 valence electrons. The lowest BCUT2D eigenvalue weighted by Crippen LogP contribution is -2.48. The second-order valence-corrected chi connectivity index (χ2v) is 10.6. The van der Waals surface area contributed by atoms with Crippen LogP contribution >= 0.6 is 0 Å². The lowest BCUT2D eigenvalue weighted by molar-refractivity contribution is 0.0597. The van der Waals surface area contributed by atoms with Gasteiger partial charge >= 0.3 is 5.97 Å². The van der Waals surface area contributed by atoms with Gasteiger partial charge in [-0.15, -0.1) is 0 Å². The maximum Gasteiger partial charge on any atom is 0.338 e. The number of nitrogens with zero attached hydrogens (tertiary/aromatic N) is 5. The van der Waals surface area contributed by atoms with Crippen molar-refractivity contribution < 1.29 is 19.1 Å². The molecule has 1 aliphatic heterocycles. The summed E-state index contributed by atoms with van der Waals surface area (Å²) in [5.74, 6) is -1.93. The number of imidazole rings is 1. The highest BCUT2D eigenvalue weighted by Crippen LogP contribution is 2.34. The molecule has 0 radical (unpaired) electrons. The molecular weight excluding hydrogens is 559 g/mol. The molecule has 0 spiro atoms. The first-order valence-corrected chi connectivity index (χ1v) is 14.0. The van der Waals surface area contributed by atoms with Crippen LogP contribution in [0.15, 0.2) is 103 Å². The Morgan fingerprint density at radius 1 is 0.841 bits per heavy atom. The van der Waals surface area contributed by atoms with E-state index < -0.39 is 23.3 Å². The van der Waals surface area contributed by atoms with Crippen molar-refractivity contribution in [3.63, 3.8) is 0 Å². The Kier molecular flexibility index (Phi) is 6.58. The molecule has 44 heavy (non-hydrogen) atoms. The van der Waals surface area contributed by atoms with Crippen LogP contribution in [0.25, 0.3) is 39.5 Å². The van der Waals surface area contributed by atoms with Gasteiger partial charge in [-0.05, 0) is 54.1 Å². The second-order valence-electron chi connectivity index (χ2n) is 10.6. The van der Waals surface area contributed by atoms with Gasteiger partial charge in [0.05, 0.1) is 22.4 Å². The number of aromatic nitrogens is 4. The molecule has 3 aromatic carbocycles. The maximum atomic E-state index is 14.7. The SMILES string of the molecule is Nc1ncccc1-c1nc2ccc(-c3ccccc3)nc2n1-c1ccc(C2CN(C(=O)c3cccc(C(=O)O)c3F)C2)cc1. The van der Waals surface area contributed by atoms with Crippen molar-refractivity contribution >= 4 is 28.9 Å². The number of pyridine rings is 2. The molecule has 6 aromatic rings. The summed E-state index contributed by atoms with van der Waals surface area (Å²) in [4.78, 5) is 39.9. The molecule has 4 heterocycles.